The van der Waals surface area contributed by atoms with Crippen molar-refractivity contribution in [2.75, 3.05) is 10.0 Å². The van der Waals surface area contributed by atoms with Gasteiger partial charge in [0.1, 0.15) is 10.5 Å². The molecule has 2 rings (SSSR count). The van der Waals surface area contributed by atoms with Gasteiger partial charge in [-0.3, -0.25) is 10.0 Å². The Kier molecular flexibility index (Phi) is 6.41. The lowest BCUT2D eigenvalue weighted by atomic mass is 10.2. The molecule has 0 aliphatic rings. The molecule has 26 heavy (non-hydrogen) atoms. The van der Waals surface area contributed by atoms with Crippen LogP contribution >= 0.6 is 34.2 Å². The topological polar surface area (TPSA) is 84.5 Å². The molecule has 0 fully saturated rings. The third-order valence-electron chi connectivity index (χ3n) is 2.96. The van der Waals surface area contributed by atoms with E-state index in [0.717, 1.165) is 3.57 Å². The summed E-state index contributed by atoms with van der Waals surface area (Å²) < 4.78 is 33.9. The van der Waals surface area contributed by atoms with Crippen molar-refractivity contribution in [1.29, 1.82) is 0 Å². The van der Waals surface area contributed by atoms with Gasteiger partial charge in [-0.05, 0) is 85.8 Å². The molecule has 0 atom stereocenters. The second-order valence-electron chi connectivity index (χ2n) is 6.38. The number of benzene rings is 2. The minimum Gasteiger partial charge on any atom is -0.444 e. The molecule has 0 spiro atoms. The van der Waals surface area contributed by atoms with E-state index in [2.05, 4.69) is 32.6 Å². The number of halogens is 2. The van der Waals surface area contributed by atoms with E-state index in [1.807, 2.05) is 0 Å². The van der Waals surface area contributed by atoms with Crippen LogP contribution in [0.2, 0.25) is 5.02 Å². The van der Waals surface area contributed by atoms with Gasteiger partial charge in [0.25, 0.3) is 10.0 Å². The Labute approximate surface area is 171 Å². The number of sulfonamides is 1. The third kappa shape index (κ3) is 6.03. The van der Waals surface area contributed by atoms with Gasteiger partial charge >= 0.3 is 6.09 Å². The van der Waals surface area contributed by atoms with E-state index in [9.17, 15) is 13.2 Å². The lowest BCUT2D eigenvalue weighted by Crippen LogP contribution is -2.27. The first-order valence-electron chi connectivity index (χ1n) is 7.54. The first kappa shape index (κ1) is 20.8. The highest BCUT2D eigenvalue weighted by Gasteiger charge is 2.21. The van der Waals surface area contributed by atoms with Crippen LogP contribution < -0.4 is 10.0 Å². The quantitative estimate of drug-likeness (QED) is 0.563. The van der Waals surface area contributed by atoms with Crippen LogP contribution in [0, 0.1) is 3.57 Å². The molecule has 2 aromatic rings. The van der Waals surface area contributed by atoms with Crippen LogP contribution in [0.4, 0.5) is 16.2 Å². The molecule has 140 valence electrons. The number of anilines is 2. The summed E-state index contributed by atoms with van der Waals surface area (Å²) in [5, 5.41) is 2.54. The Balaban J connectivity index is 2.25. The zero-order chi connectivity index (χ0) is 19.5. The van der Waals surface area contributed by atoms with Crippen LogP contribution in [-0.2, 0) is 14.8 Å². The lowest BCUT2D eigenvalue weighted by Gasteiger charge is -2.20. The second-order valence-corrected chi connectivity index (χ2v) is 9.69. The minimum absolute atomic E-state index is 0.0396. The first-order chi connectivity index (χ1) is 12.0. The number of amides is 1. The fourth-order valence-corrected chi connectivity index (χ4v) is 3.88. The van der Waals surface area contributed by atoms with E-state index >= 15 is 0 Å². The maximum atomic E-state index is 12.6. The smallest absolute Gasteiger partial charge is 0.412 e. The lowest BCUT2D eigenvalue weighted by molar-refractivity contribution is 0.0636. The molecule has 0 unspecified atom stereocenters. The second kappa shape index (κ2) is 8.01. The number of carbonyl (C=O) groups is 1. The Morgan fingerprint density at radius 2 is 1.65 bits per heavy atom. The predicted molar refractivity (Wildman–Crippen MR) is 111 cm³/mol. The molecular weight excluding hydrogens is 491 g/mol. The average Bonchev–Trinajstić information content (AvgIpc) is 2.49. The Hall–Kier alpha value is -1.52. The van der Waals surface area contributed by atoms with E-state index in [1.165, 1.54) is 18.2 Å². The molecule has 0 bridgehead atoms. The number of ether oxygens (including phenoxy) is 1. The molecule has 6 nitrogen and oxygen atoms in total. The number of hydrogen-bond acceptors (Lipinski definition) is 4. The normalized spacial score (nSPS) is 11.7. The van der Waals surface area contributed by atoms with E-state index in [4.69, 9.17) is 16.3 Å². The van der Waals surface area contributed by atoms with Crippen LogP contribution in [0.1, 0.15) is 20.8 Å². The number of nitrogens with one attached hydrogen (secondary N) is 2. The average molecular weight is 509 g/mol. The van der Waals surface area contributed by atoms with Gasteiger partial charge in [-0.1, -0.05) is 11.6 Å². The zero-order valence-corrected chi connectivity index (χ0v) is 18.1. The van der Waals surface area contributed by atoms with Crippen molar-refractivity contribution in [3.05, 3.63) is 51.1 Å². The van der Waals surface area contributed by atoms with E-state index in [0.29, 0.717) is 5.69 Å². The third-order valence-corrected chi connectivity index (χ3v) is 5.54. The van der Waals surface area contributed by atoms with E-state index in [-0.39, 0.29) is 15.6 Å². The van der Waals surface area contributed by atoms with Crippen LogP contribution in [0.25, 0.3) is 0 Å². The van der Waals surface area contributed by atoms with E-state index < -0.39 is 21.7 Å². The van der Waals surface area contributed by atoms with Crippen molar-refractivity contribution < 1.29 is 17.9 Å². The molecule has 0 aromatic heterocycles. The fourth-order valence-electron chi connectivity index (χ4n) is 1.94. The summed E-state index contributed by atoms with van der Waals surface area (Å²) in [5.74, 6) is 0. The molecule has 1 amide bonds. The van der Waals surface area contributed by atoms with Crippen LogP contribution in [0.3, 0.4) is 0 Å². The molecule has 0 heterocycles. The summed E-state index contributed by atoms with van der Waals surface area (Å²) in [7, 11) is -3.93. The predicted octanol–water partition coefficient (Wildman–Crippen LogP) is 5.09. The summed E-state index contributed by atoms with van der Waals surface area (Å²) in [5.41, 5.74) is -0.00346. The molecule has 2 aromatic carbocycles. The highest BCUT2D eigenvalue weighted by Crippen LogP contribution is 2.27. The van der Waals surface area contributed by atoms with Crippen LogP contribution in [0.15, 0.2) is 47.4 Å². The summed E-state index contributed by atoms with van der Waals surface area (Å²) >= 11 is 8.18. The summed E-state index contributed by atoms with van der Waals surface area (Å²) in [4.78, 5) is 11.7. The highest BCUT2D eigenvalue weighted by atomic mass is 127. The van der Waals surface area contributed by atoms with Gasteiger partial charge in [-0.25, -0.2) is 13.2 Å². The van der Waals surface area contributed by atoms with Crippen molar-refractivity contribution >= 4 is 61.7 Å². The molecule has 2 N–H and O–H groups in total. The fraction of sp³-hybridized carbons (Fsp3) is 0.235. The molecule has 0 radical (unpaired) electrons. The van der Waals surface area contributed by atoms with Crippen LogP contribution in [-0.4, -0.2) is 20.1 Å². The Morgan fingerprint density at radius 1 is 1.08 bits per heavy atom. The summed E-state index contributed by atoms with van der Waals surface area (Å²) in [6, 6.07) is 11.0. The van der Waals surface area contributed by atoms with Crippen molar-refractivity contribution in [2.45, 2.75) is 31.3 Å². The van der Waals surface area contributed by atoms with Gasteiger partial charge in [0, 0.05) is 14.9 Å². The maximum Gasteiger partial charge on any atom is 0.412 e. The summed E-state index contributed by atoms with van der Waals surface area (Å²) in [6.07, 6.45) is -0.686. The zero-order valence-electron chi connectivity index (χ0n) is 14.3. The van der Waals surface area contributed by atoms with Gasteiger partial charge in [0.15, 0.2) is 0 Å². The van der Waals surface area contributed by atoms with Gasteiger partial charge in [0.2, 0.25) is 0 Å². The number of rotatable bonds is 4. The standard InChI is InChI=1S/C17H18ClIN2O4S/c1-17(2,3)25-16(22)20-13-8-9-14(18)15(10-13)26(23,24)21-12-6-4-11(19)5-7-12/h4-10,21H,1-3H3,(H,20,22). The molecule has 0 aliphatic heterocycles. The minimum atomic E-state index is -3.93. The van der Waals surface area contributed by atoms with Crippen LogP contribution in [0.5, 0.6) is 0 Å². The largest absolute Gasteiger partial charge is 0.444 e. The van der Waals surface area contributed by atoms with Gasteiger partial charge in [-0.15, -0.1) is 0 Å². The maximum absolute atomic E-state index is 12.6. The number of carbonyl (C=O) groups excluding carboxylic acids is 1. The Bertz CT molecular complexity index is 909. The van der Waals surface area contributed by atoms with Crippen molar-refractivity contribution in [3.8, 4) is 0 Å². The molecule has 0 saturated heterocycles. The SMILES string of the molecule is CC(C)(C)OC(=O)Nc1ccc(Cl)c(S(=O)(=O)Nc2ccc(I)cc2)c1. The number of hydrogen-bond donors (Lipinski definition) is 2. The first-order valence-corrected chi connectivity index (χ1v) is 10.5. The van der Waals surface area contributed by atoms with Gasteiger partial charge in [0.05, 0.1) is 5.02 Å². The monoisotopic (exact) mass is 508 g/mol. The molecule has 0 aliphatic carbocycles. The van der Waals surface area contributed by atoms with Gasteiger partial charge in [-0.2, -0.15) is 0 Å². The molecular formula is C17H18ClIN2O4S. The highest BCUT2D eigenvalue weighted by molar-refractivity contribution is 14.1. The van der Waals surface area contributed by atoms with Crippen molar-refractivity contribution in [2.24, 2.45) is 0 Å². The molecule has 0 saturated carbocycles. The molecule has 9 heteroatoms. The van der Waals surface area contributed by atoms with Gasteiger partial charge < -0.3 is 4.74 Å². The van der Waals surface area contributed by atoms with E-state index in [1.54, 1.807) is 45.0 Å². The Morgan fingerprint density at radius 3 is 2.23 bits per heavy atom. The van der Waals surface area contributed by atoms with Crippen molar-refractivity contribution in [1.82, 2.24) is 0 Å². The van der Waals surface area contributed by atoms with Crippen molar-refractivity contribution in [3.63, 3.8) is 0 Å². The summed E-state index contributed by atoms with van der Waals surface area (Å²) in [6.45, 7) is 5.19.